The molecule has 0 saturated carbocycles. The largest absolute Gasteiger partial charge is 0.347 e. The number of para-hydroxylation sites is 1. The van der Waals surface area contributed by atoms with Crippen molar-refractivity contribution in [3.63, 3.8) is 0 Å². The van der Waals surface area contributed by atoms with Crippen molar-refractivity contribution < 1.29 is 9.59 Å². The van der Waals surface area contributed by atoms with Crippen molar-refractivity contribution in [1.82, 2.24) is 20.5 Å². The zero-order chi connectivity index (χ0) is 27.0. The molecule has 0 bridgehead atoms. The molecular formula is C30H38BrN5O2. The molecule has 0 aliphatic rings. The quantitative estimate of drug-likeness (QED) is 0.111. The molecule has 0 aliphatic heterocycles. The topological polar surface area (TPSA) is 88.4 Å². The van der Waals surface area contributed by atoms with Gasteiger partial charge in [-0.3, -0.25) is 9.59 Å². The first kappa shape index (κ1) is 29.3. The predicted octanol–water partition coefficient (Wildman–Crippen LogP) is 6.79. The molecule has 38 heavy (non-hydrogen) atoms. The van der Waals surface area contributed by atoms with Crippen LogP contribution in [0, 0.1) is 0 Å². The summed E-state index contributed by atoms with van der Waals surface area (Å²) in [6.45, 7) is 2.13. The maximum atomic E-state index is 12.2. The van der Waals surface area contributed by atoms with Crippen LogP contribution in [0.5, 0.6) is 0 Å². The van der Waals surface area contributed by atoms with Crippen LogP contribution in [-0.2, 0) is 9.59 Å². The van der Waals surface area contributed by atoms with Gasteiger partial charge in [0.25, 0.3) is 5.91 Å². The fraction of sp³-hybridized carbons (Fsp3) is 0.400. The third-order valence-electron chi connectivity index (χ3n) is 6.23. The second-order valence-electron chi connectivity index (χ2n) is 9.37. The Hall–Kier alpha value is -3.26. The Bertz CT molecular complexity index is 1160. The zero-order valence-corrected chi connectivity index (χ0v) is 23.8. The van der Waals surface area contributed by atoms with Crippen LogP contribution in [0.15, 0.2) is 70.4 Å². The molecule has 1 aromatic heterocycles. The van der Waals surface area contributed by atoms with Crippen molar-refractivity contribution >= 4 is 34.0 Å². The second-order valence-corrected chi connectivity index (χ2v) is 10.3. The lowest BCUT2D eigenvalue weighted by Crippen LogP contribution is -2.34. The number of hydrazone groups is 1. The van der Waals surface area contributed by atoms with Crippen LogP contribution in [-0.4, -0.2) is 34.4 Å². The molecule has 3 aromatic rings. The minimum atomic E-state index is -0.373. The standard InChI is InChI=1S/C30H38BrN5O2/c1-2-3-4-5-6-7-8-9-13-16-28(37)32-22-29(38)34-33-21-25-23-36(27-14-11-10-12-15-27)35-30(25)24-17-19-26(31)20-18-24/h10-12,14-15,17-21,23H,2-9,13,16,22H2,1H3,(H,32,37)(H,34,38)/b33-21+. The molecule has 2 aromatic carbocycles. The molecule has 0 radical (unpaired) electrons. The van der Waals surface area contributed by atoms with E-state index in [2.05, 4.69) is 38.7 Å². The Morgan fingerprint density at radius 2 is 1.55 bits per heavy atom. The third kappa shape index (κ3) is 10.2. The smallest absolute Gasteiger partial charge is 0.259 e. The number of unbranched alkanes of at least 4 members (excludes halogenated alkanes) is 8. The van der Waals surface area contributed by atoms with Crippen molar-refractivity contribution in [2.45, 2.75) is 71.1 Å². The van der Waals surface area contributed by atoms with Crippen LogP contribution < -0.4 is 10.7 Å². The van der Waals surface area contributed by atoms with E-state index in [4.69, 9.17) is 5.10 Å². The average Bonchev–Trinajstić information content (AvgIpc) is 3.36. The molecule has 7 nitrogen and oxygen atoms in total. The van der Waals surface area contributed by atoms with E-state index in [9.17, 15) is 9.59 Å². The Morgan fingerprint density at radius 1 is 0.895 bits per heavy atom. The second kappa shape index (κ2) is 16.6. The van der Waals surface area contributed by atoms with Crippen LogP contribution >= 0.6 is 15.9 Å². The predicted molar refractivity (Wildman–Crippen MR) is 157 cm³/mol. The van der Waals surface area contributed by atoms with Crippen LogP contribution in [0.25, 0.3) is 16.9 Å². The Balaban J connectivity index is 1.44. The van der Waals surface area contributed by atoms with Crippen LogP contribution in [0.4, 0.5) is 0 Å². The molecule has 2 N–H and O–H groups in total. The monoisotopic (exact) mass is 579 g/mol. The summed E-state index contributed by atoms with van der Waals surface area (Å²) in [6.07, 6.45) is 14.7. The summed E-state index contributed by atoms with van der Waals surface area (Å²) < 4.78 is 2.76. The number of carbonyl (C=O) groups excluding carboxylic acids is 2. The molecule has 0 spiro atoms. The van der Waals surface area contributed by atoms with E-state index in [1.807, 2.05) is 60.8 Å². The first-order valence-corrected chi connectivity index (χ1v) is 14.4. The summed E-state index contributed by atoms with van der Waals surface area (Å²) in [5.74, 6) is -0.476. The minimum absolute atomic E-state index is 0.101. The number of hydrogen-bond donors (Lipinski definition) is 2. The van der Waals surface area contributed by atoms with Gasteiger partial charge in [0, 0.05) is 28.2 Å². The number of benzene rings is 2. The maximum Gasteiger partial charge on any atom is 0.259 e. The fourth-order valence-corrected chi connectivity index (χ4v) is 4.37. The zero-order valence-electron chi connectivity index (χ0n) is 22.2. The highest BCUT2D eigenvalue weighted by molar-refractivity contribution is 9.10. The van der Waals surface area contributed by atoms with E-state index >= 15 is 0 Å². The molecule has 2 amide bonds. The fourth-order valence-electron chi connectivity index (χ4n) is 4.10. The van der Waals surface area contributed by atoms with E-state index in [0.717, 1.165) is 46.2 Å². The number of nitrogens with one attached hydrogen (secondary N) is 2. The van der Waals surface area contributed by atoms with Crippen LogP contribution in [0.2, 0.25) is 0 Å². The summed E-state index contributed by atoms with van der Waals surface area (Å²) >= 11 is 3.46. The molecule has 0 fully saturated rings. The van der Waals surface area contributed by atoms with Crippen molar-refractivity contribution in [1.29, 1.82) is 0 Å². The van der Waals surface area contributed by atoms with Crippen molar-refractivity contribution in [2.24, 2.45) is 5.10 Å². The lowest BCUT2D eigenvalue weighted by atomic mass is 10.1. The van der Waals surface area contributed by atoms with E-state index in [1.54, 1.807) is 10.9 Å². The first-order chi connectivity index (χ1) is 18.6. The van der Waals surface area contributed by atoms with Gasteiger partial charge in [-0.2, -0.15) is 10.2 Å². The highest BCUT2D eigenvalue weighted by atomic mass is 79.9. The SMILES string of the molecule is CCCCCCCCCCCC(=O)NCC(=O)N/N=C/c1cn(-c2ccccc2)nc1-c1ccc(Br)cc1. The molecular weight excluding hydrogens is 542 g/mol. The number of nitrogens with zero attached hydrogens (tertiary/aromatic N) is 3. The van der Waals surface area contributed by atoms with E-state index < -0.39 is 0 Å². The van der Waals surface area contributed by atoms with E-state index in [-0.39, 0.29) is 18.4 Å². The van der Waals surface area contributed by atoms with Crippen molar-refractivity contribution in [3.05, 3.63) is 70.8 Å². The molecule has 0 unspecified atom stereocenters. The Labute approximate surface area is 234 Å². The van der Waals surface area contributed by atoms with Gasteiger partial charge >= 0.3 is 0 Å². The summed E-state index contributed by atoms with van der Waals surface area (Å²) in [4.78, 5) is 24.3. The highest BCUT2D eigenvalue weighted by Gasteiger charge is 2.11. The summed E-state index contributed by atoms with van der Waals surface area (Å²) in [6, 6.07) is 17.7. The summed E-state index contributed by atoms with van der Waals surface area (Å²) in [5.41, 5.74) is 5.85. The van der Waals surface area contributed by atoms with Crippen molar-refractivity contribution in [3.8, 4) is 16.9 Å². The van der Waals surface area contributed by atoms with Crippen LogP contribution in [0.3, 0.4) is 0 Å². The number of rotatable bonds is 16. The molecule has 202 valence electrons. The number of halogens is 1. The number of carbonyl (C=O) groups is 2. The molecule has 3 rings (SSSR count). The van der Waals surface area contributed by atoms with Gasteiger partial charge in [-0.15, -0.1) is 0 Å². The first-order valence-electron chi connectivity index (χ1n) is 13.6. The third-order valence-corrected chi connectivity index (χ3v) is 6.76. The lowest BCUT2D eigenvalue weighted by Gasteiger charge is -2.05. The van der Waals surface area contributed by atoms with Gasteiger partial charge < -0.3 is 5.32 Å². The molecule has 0 atom stereocenters. The lowest BCUT2D eigenvalue weighted by molar-refractivity contribution is -0.126. The van der Waals surface area contributed by atoms with Gasteiger partial charge in [-0.1, -0.05) is 105 Å². The molecule has 1 heterocycles. The van der Waals surface area contributed by atoms with E-state index in [0.29, 0.717) is 6.42 Å². The van der Waals surface area contributed by atoms with Gasteiger partial charge in [0.05, 0.1) is 18.4 Å². The van der Waals surface area contributed by atoms with Gasteiger partial charge in [-0.05, 0) is 30.7 Å². The number of amides is 2. The summed E-state index contributed by atoms with van der Waals surface area (Å²) in [7, 11) is 0. The minimum Gasteiger partial charge on any atom is -0.347 e. The van der Waals surface area contributed by atoms with E-state index in [1.165, 1.54) is 38.5 Å². The van der Waals surface area contributed by atoms with Gasteiger partial charge in [-0.25, -0.2) is 10.1 Å². The summed E-state index contributed by atoms with van der Waals surface area (Å²) in [5, 5.41) is 11.5. The average molecular weight is 581 g/mol. The van der Waals surface area contributed by atoms with Gasteiger partial charge in [0.15, 0.2) is 0 Å². The van der Waals surface area contributed by atoms with Crippen molar-refractivity contribution in [2.75, 3.05) is 6.54 Å². The van der Waals surface area contributed by atoms with Gasteiger partial charge in [0.2, 0.25) is 5.91 Å². The normalized spacial score (nSPS) is 11.1. The van der Waals surface area contributed by atoms with Gasteiger partial charge in [0.1, 0.15) is 5.69 Å². The number of hydrogen-bond acceptors (Lipinski definition) is 4. The highest BCUT2D eigenvalue weighted by Crippen LogP contribution is 2.24. The molecule has 0 saturated heterocycles. The Kier molecular flexibility index (Phi) is 12.8. The molecule has 8 heteroatoms. The molecule has 0 aliphatic carbocycles. The Morgan fingerprint density at radius 3 is 2.24 bits per heavy atom. The van der Waals surface area contributed by atoms with Crippen LogP contribution in [0.1, 0.15) is 76.7 Å². The maximum absolute atomic E-state index is 12.2. The number of aromatic nitrogens is 2.